The van der Waals surface area contributed by atoms with Crippen molar-refractivity contribution in [1.29, 1.82) is 0 Å². The first-order chi connectivity index (χ1) is 7.58. The Morgan fingerprint density at radius 1 is 1.56 bits per heavy atom. The van der Waals surface area contributed by atoms with Crippen LogP contribution in [0.15, 0.2) is 28.5 Å². The Morgan fingerprint density at radius 2 is 2.31 bits per heavy atom. The highest BCUT2D eigenvalue weighted by atomic mass is 16.5. The molecule has 0 aromatic carbocycles. The second-order valence-electron chi connectivity index (χ2n) is 3.26. The van der Waals surface area contributed by atoms with Gasteiger partial charge in [-0.1, -0.05) is 10.7 Å². The quantitative estimate of drug-likeness (QED) is 0.612. The minimum absolute atomic E-state index is 0.281. The summed E-state index contributed by atoms with van der Waals surface area (Å²) in [5.74, 6) is -0.733. The number of nitrogens with one attached hydrogen (secondary N) is 1. The van der Waals surface area contributed by atoms with Gasteiger partial charge in [-0.15, -0.1) is 0 Å². The first-order valence-electron chi connectivity index (χ1n) is 4.60. The van der Waals surface area contributed by atoms with Crippen molar-refractivity contribution in [2.24, 2.45) is 0 Å². The fourth-order valence-corrected chi connectivity index (χ4v) is 0.870. The maximum Gasteiger partial charge on any atom is 0.331 e. The van der Waals surface area contributed by atoms with Crippen molar-refractivity contribution in [2.75, 3.05) is 11.9 Å². The van der Waals surface area contributed by atoms with Crippen LogP contribution in [0.5, 0.6) is 0 Å². The molecule has 1 N–H and O–H groups in total. The Labute approximate surface area is 92.2 Å². The lowest BCUT2D eigenvalue weighted by molar-refractivity contribution is -0.142. The highest BCUT2D eigenvalue weighted by Crippen LogP contribution is 2.00. The number of amides is 1. The maximum absolute atomic E-state index is 11.2. The van der Waals surface area contributed by atoms with Crippen molar-refractivity contribution in [1.82, 2.24) is 5.16 Å². The SMILES string of the molecule is CC(C)=CC(=O)OCC(=O)Nc1ccon1. The Balaban J connectivity index is 2.31. The second-order valence-corrected chi connectivity index (χ2v) is 3.26. The van der Waals surface area contributed by atoms with E-state index in [0.717, 1.165) is 5.57 Å². The van der Waals surface area contributed by atoms with Crippen LogP contribution >= 0.6 is 0 Å². The summed E-state index contributed by atoms with van der Waals surface area (Å²) in [4.78, 5) is 22.3. The molecule has 86 valence electrons. The van der Waals surface area contributed by atoms with Crippen LogP contribution in [0.2, 0.25) is 0 Å². The van der Waals surface area contributed by atoms with Crippen LogP contribution in [0.3, 0.4) is 0 Å². The zero-order valence-corrected chi connectivity index (χ0v) is 9.02. The Hall–Kier alpha value is -2.11. The molecule has 1 aromatic rings. The molecule has 1 heterocycles. The first-order valence-corrected chi connectivity index (χ1v) is 4.60. The molecular weight excluding hydrogens is 212 g/mol. The largest absolute Gasteiger partial charge is 0.452 e. The van der Waals surface area contributed by atoms with E-state index in [2.05, 4.69) is 19.7 Å². The molecule has 0 aliphatic rings. The minimum atomic E-state index is -0.546. The number of carbonyl (C=O) groups excluding carboxylic acids is 2. The normalized spacial score (nSPS) is 9.38. The highest BCUT2D eigenvalue weighted by Gasteiger charge is 2.07. The second kappa shape index (κ2) is 5.69. The molecular formula is C10H12N2O4. The maximum atomic E-state index is 11.2. The van der Waals surface area contributed by atoms with Crippen LogP contribution in [-0.4, -0.2) is 23.6 Å². The Bertz CT molecular complexity index is 391. The number of nitrogens with zero attached hydrogens (tertiary/aromatic N) is 1. The van der Waals surface area contributed by atoms with Gasteiger partial charge in [-0.05, 0) is 13.8 Å². The molecule has 0 saturated heterocycles. The average Bonchev–Trinajstić information content (AvgIpc) is 2.66. The third kappa shape index (κ3) is 4.41. The summed E-state index contributed by atoms with van der Waals surface area (Å²) in [6.07, 6.45) is 2.63. The van der Waals surface area contributed by atoms with Gasteiger partial charge in [0.2, 0.25) is 0 Å². The number of anilines is 1. The number of allylic oxidation sites excluding steroid dienone is 1. The van der Waals surface area contributed by atoms with Gasteiger partial charge in [-0.2, -0.15) is 0 Å². The van der Waals surface area contributed by atoms with Crippen molar-refractivity contribution in [3.63, 3.8) is 0 Å². The molecule has 1 amide bonds. The number of hydrogen-bond acceptors (Lipinski definition) is 5. The highest BCUT2D eigenvalue weighted by molar-refractivity contribution is 5.93. The van der Waals surface area contributed by atoms with Crippen LogP contribution < -0.4 is 5.32 Å². The van der Waals surface area contributed by atoms with E-state index in [1.165, 1.54) is 18.4 Å². The van der Waals surface area contributed by atoms with E-state index in [4.69, 9.17) is 0 Å². The number of aromatic nitrogens is 1. The van der Waals surface area contributed by atoms with Crippen LogP contribution in [0.25, 0.3) is 0 Å². The van der Waals surface area contributed by atoms with Gasteiger partial charge in [0.1, 0.15) is 6.26 Å². The van der Waals surface area contributed by atoms with Crippen molar-refractivity contribution in [2.45, 2.75) is 13.8 Å². The van der Waals surface area contributed by atoms with Gasteiger partial charge in [-0.25, -0.2) is 4.79 Å². The molecule has 0 atom stereocenters. The van der Waals surface area contributed by atoms with Gasteiger partial charge < -0.3 is 14.6 Å². The summed E-state index contributed by atoms with van der Waals surface area (Å²) in [6, 6.07) is 1.48. The molecule has 0 unspecified atom stereocenters. The van der Waals surface area contributed by atoms with Gasteiger partial charge in [-0.3, -0.25) is 4.79 Å². The fraction of sp³-hybridized carbons (Fsp3) is 0.300. The van der Waals surface area contributed by atoms with Crippen LogP contribution in [0, 0.1) is 0 Å². The van der Waals surface area contributed by atoms with Crippen molar-refractivity contribution >= 4 is 17.7 Å². The molecule has 0 saturated carbocycles. The molecule has 1 rings (SSSR count). The van der Waals surface area contributed by atoms with Crippen LogP contribution in [-0.2, 0) is 14.3 Å². The monoisotopic (exact) mass is 224 g/mol. The van der Waals surface area contributed by atoms with E-state index in [1.54, 1.807) is 13.8 Å². The molecule has 0 bridgehead atoms. The van der Waals surface area contributed by atoms with Gasteiger partial charge in [0.15, 0.2) is 12.4 Å². The van der Waals surface area contributed by atoms with Crippen molar-refractivity contribution in [3.05, 3.63) is 24.0 Å². The van der Waals surface area contributed by atoms with Crippen LogP contribution in [0.4, 0.5) is 5.82 Å². The van der Waals surface area contributed by atoms with Gasteiger partial charge in [0.25, 0.3) is 5.91 Å². The third-order valence-electron chi connectivity index (χ3n) is 1.46. The van der Waals surface area contributed by atoms with Crippen molar-refractivity contribution < 1.29 is 18.8 Å². The zero-order valence-electron chi connectivity index (χ0n) is 9.02. The summed E-state index contributed by atoms with van der Waals surface area (Å²) in [5.41, 5.74) is 0.807. The molecule has 0 spiro atoms. The summed E-state index contributed by atoms with van der Waals surface area (Å²) in [6.45, 7) is 3.17. The lowest BCUT2D eigenvalue weighted by Crippen LogP contribution is -2.20. The molecule has 6 heteroatoms. The molecule has 16 heavy (non-hydrogen) atoms. The third-order valence-corrected chi connectivity index (χ3v) is 1.46. The number of ether oxygens (including phenoxy) is 1. The molecule has 1 aromatic heterocycles. The molecule has 0 radical (unpaired) electrons. The van der Waals surface area contributed by atoms with E-state index >= 15 is 0 Å². The summed E-state index contributed by atoms with van der Waals surface area (Å²) >= 11 is 0. The smallest absolute Gasteiger partial charge is 0.331 e. The summed E-state index contributed by atoms with van der Waals surface area (Å²) in [7, 11) is 0. The summed E-state index contributed by atoms with van der Waals surface area (Å²) in [5, 5.41) is 5.86. The van der Waals surface area contributed by atoms with E-state index in [1.807, 2.05) is 0 Å². The van der Waals surface area contributed by atoms with E-state index in [9.17, 15) is 9.59 Å². The predicted molar refractivity (Wildman–Crippen MR) is 55.5 cm³/mol. The van der Waals surface area contributed by atoms with Gasteiger partial charge in [0.05, 0.1) is 0 Å². The molecule has 0 aliphatic carbocycles. The van der Waals surface area contributed by atoms with E-state index < -0.39 is 11.9 Å². The van der Waals surface area contributed by atoms with E-state index in [-0.39, 0.29) is 12.4 Å². The number of hydrogen-bond donors (Lipinski definition) is 1. The predicted octanol–water partition coefficient (Wildman–Crippen LogP) is 1.12. The average molecular weight is 224 g/mol. The van der Waals surface area contributed by atoms with Crippen LogP contribution in [0.1, 0.15) is 13.8 Å². The zero-order chi connectivity index (χ0) is 12.0. The topological polar surface area (TPSA) is 81.4 Å². The molecule has 0 aliphatic heterocycles. The lowest BCUT2D eigenvalue weighted by atomic mass is 10.3. The van der Waals surface area contributed by atoms with Gasteiger partial charge in [0, 0.05) is 12.1 Å². The Kier molecular flexibility index (Phi) is 4.26. The first kappa shape index (κ1) is 12.0. The molecule has 6 nitrogen and oxygen atoms in total. The fourth-order valence-electron chi connectivity index (χ4n) is 0.870. The lowest BCUT2D eigenvalue weighted by Gasteiger charge is -2.01. The number of carbonyl (C=O) groups is 2. The summed E-state index contributed by atoms with van der Waals surface area (Å²) < 4.78 is 9.19. The number of esters is 1. The van der Waals surface area contributed by atoms with E-state index in [0.29, 0.717) is 0 Å². The molecule has 0 fully saturated rings. The number of rotatable bonds is 4. The standard InChI is InChI=1S/C10H12N2O4/c1-7(2)5-10(14)15-6-9(13)11-8-3-4-16-12-8/h3-5H,6H2,1-2H3,(H,11,12,13). The van der Waals surface area contributed by atoms with Gasteiger partial charge >= 0.3 is 5.97 Å². The van der Waals surface area contributed by atoms with Crippen molar-refractivity contribution in [3.8, 4) is 0 Å². The minimum Gasteiger partial charge on any atom is -0.452 e. The Morgan fingerprint density at radius 3 is 2.88 bits per heavy atom.